The minimum absolute atomic E-state index is 0.0874. The van der Waals surface area contributed by atoms with Crippen LogP contribution in [0.4, 0.5) is 0 Å². The van der Waals surface area contributed by atoms with Crippen molar-refractivity contribution in [3.63, 3.8) is 0 Å². The van der Waals surface area contributed by atoms with Crippen molar-refractivity contribution in [2.45, 2.75) is 26.3 Å². The van der Waals surface area contributed by atoms with Gasteiger partial charge in [0.2, 0.25) is 0 Å². The molecule has 0 saturated carbocycles. The first kappa shape index (κ1) is 18.4. The van der Waals surface area contributed by atoms with Gasteiger partial charge in [0.05, 0.1) is 36.6 Å². The first-order valence-corrected chi connectivity index (χ1v) is 9.40. The molecule has 0 aliphatic rings. The second-order valence-corrected chi connectivity index (χ2v) is 7.63. The van der Waals surface area contributed by atoms with Crippen molar-refractivity contribution in [1.82, 2.24) is 25.0 Å². The van der Waals surface area contributed by atoms with Crippen molar-refractivity contribution in [2.75, 3.05) is 7.11 Å². The molecule has 1 unspecified atom stereocenters. The summed E-state index contributed by atoms with van der Waals surface area (Å²) in [6, 6.07) is 5.49. The number of fused-ring (bicyclic) bond motifs is 2. The molecule has 0 radical (unpaired) electrons. The molecule has 0 saturated heterocycles. The summed E-state index contributed by atoms with van der Waals surface area (Å²) in [5, 5.41) is 14.2. The Morgan fingerprint density at radius 3 is 2.79 bits per heavy atom. The van der Waals surface area contributed by atoms with Gasteiger partial charge >= 0.3 is 5.97 Å². The zero-order chi connectivity index (χ0) is 19.8. The Morgan fingerprint density at radius 1 is 1.21 bits per heavy atom. The summed E-state index contributed by atoms with van der Waals surface area (Å²) in [6.07, 6.45) is 5.84. The predicted molar refractivity (Wildman–Crippen MR) is 108 cm³/mol. The number of pyridine rings is 1. The molecule has 0 fully saturated rings. The lowest BCUT2D eigenvalue weighted by molar-refractivity contribution is 0.0600. The summed E-state index contributed by atoms with van der Waals surface area (Å²) < 4.78 is 6.67. The lowest BCUT2D eigenvalue weighted by atomic mass is 9.95. The van der Waals surface area contributed by atoms with E-state index in [1.807, 2.05) is 16.8 Å². The monoisotopic (exact) mass is 397 g/mol. The Balaban J connectivity index is 1.88. The van der Waals surface area contributed by atoms with Crippen molar-refractivity contribution in [1.29, 1.82) is 0 Å². The fourth-order valence-corrected chi connectivity index (χ4v) is 3.75. The van der Waals surface area contributed by atoms with Gasteiger partial charge < -0.3 is 4.74 Å². The summed E-state index contributed by atoms with van der Waals surface area (Å²) in [7, 11) is 1.35. The predicted octanol–water partition coefficient (Wildman–Crippen LogP) is 4.38. The highest BCUT2D eigenvalue weighted by Gasteiger charge is 2.23. The second-order valence-electron chi connectivity index (χ2n) is 7.19. The van der Waals surface area contributed by atoms with E-state index in [2.05, 4.69) is 34.1 Å². The number of methoxy groups -OCH3 is 1. The molecule has 0 aliphatic heterocycles. The number of rotatable bonds is 5. The quantitative estimate of drug-likeness (QED) is 0.505. The number of halogens is 1. The van der Waals surface area contributed by atoms with E-state index in [1.165, 1.54) is 13.3 Å². The number of nitrogens with one attached hydrogen (secondary N) is 1. The van der Waals surface area contributed by atoms with Gasteiger partial charge in [0.25, 0.3) is 0 Å². The number of H-pyrrole nitrogens is 1. The number of carbonyl (C=O) groups excluding carboxylic acids is 1. The summed E-state index contributed by atoms with van der Waals surface area (Å²) in [5.74, 6) is -0.00886. The van der Waals surface area contributed by atoms with E-state index in [9.17, 15) is 4.79 Å². The molecule has 1 atom stereocenters. The molecular weight excluding hydrogens is 378 g/mol. The van der Waals surface area contributed by atoms with Crippen LogP contribution in [0.5, 0.6) is 0 Å². The summed E-state index contributed by atoms with van der Waals surface area (Å²) >= 11 is 6.37. The third-order valence-corrected chi connectivity index (χ3v) is 4.97. The van der Waals surface area contributed by atoms with E-state index in [1.54, 1.807) is 18.5 Å². The van der Waals surface area contributed by atoms with E-state index in [4.69, 9.17) is 16.3 Å². The Hall–Kier alpha value is -2.93. The van der Waals surface area contributed by atoms with Gasteiger partial charge in [-0.05, 0) is 30.5 Å². The van der Waals surface area contributed by atoms with Crippen molar-refractivity contribution < 1.29 is 9.53 Å². The van der Waals surface area contributed by atoms with Crippen LogP contribution in [0.3, 0.4) is 0 Å². The number of esters is 1. The smallest absolute Gasteiger partial charge is 0.339 e. The molecule has 1 aromatic carbocycles. The average molecular weight is 398 g/mol. The van der Waals surface area contributed by atoms with Crippen LogP contribution >= 0.6 is 11.6 Å². The van der Waals surface area contributed by atoms with Gasteiger partial charge in [0, 0.05) is 27.6 Å². The molecule has 8 heteroatoms. The van der Waals surface area contributed by atoms with Gasteiger partial charge in [-0.1, -0.05) is 25.4 Å². The van der Waals surface area contributed by atoms with Gasteiger partial charge in [0.15, 0.2) is 5.65 Å². The Labute approximate surface area is 166 Å². The van der Waals surface area contributed by atoms with Crippen LogP contribution in [0.25, 0.3) is 21.9 Å². The van der Waals surface area contributed by atoms with Crippen LogP contribution in [0, 0.1) is 5.92 Å². The van der Waals surface area contributed by atoms with Gasteiger partial charge in [-0.3, -0.25) is 5.10 Å². The van der Waals surface area contributed by atoms with E-state index in [0.717, 1.165) is 28.3 Å². The molecule has 7 nitrogen and oxygen atoms in total. The number of benzene rings is 1. The molecule has 0 aliphatic carbocycles. The molecule has 0 spiro atoms. The number of ether oxygens (including phenoxy) is 1. The van der Waals surface area contributed by atoms with Crippen LogP contribution in [-0.4, -0.2) is 38.0 Å². The SMILES string of the molecule is COC(=O)c1cnc2c(cnn2C(CC(C)C)c2cc(Cl)cc3cn[nH]c23)c1. The molecule has 0 bridgehead atoms. The van der Waals surface area contributed by atoms with Crippen molar-refractivity contribution in [2.24, 2.45) is 5.92 Å². The number of nitrogens with zero attached hydrogens (tertiary/aromatic N) is 4. The number of aromatic nitrogens is 5. The van der Waals surface area contributed by atoms with Crippen molar-refractivity contribution >= 4 is 39.5 Å². The van der Waals surface area contributed by atoms with E-state index in [-0.39, 0.29) is 6.04 Å². The molecule has 4 rings (SSSR count). The van der Waals surface area contributed by atoms with Crippen LogP contribution in [0.15, 0.2) is 36.8 Å². The molecular formula is C20H20ClN5O2. The number of hydrogen-bond acceptors (Lipinski definition) is 5. The summed E-state index contributed by atoms with van der Waals surface area (Å²) in [5.41, 5.74) is 3.04. The summed E-state index contributed by atoms with van der Waals surface area (Å²) in [4.78, 5) is 16.3. The van der Waals surface area contributed by atoms with Crippen molar-refractivity contribution in [3.8, 4) is 0 Å². The van der Waals surface area contributed by atoms with Crippen LogP contribution in [0.1, 0.15) is 42.2 Å². The second kappa shape index (κ2) is 7.24. The zero-order valence-electron chi connectivity index (χ0n) is 15.8. The fraction of sp³-hybridized carbons (Fsp3) is 0.300. The van der Waals surface area contributed by atoms with Crippen LogP contribution < -0.4 is 0 Å². The van der Waals surface area contributed by atoms with Crippen molar-refractivity contribution in [3.05, 3.63) is 52.9 Å². The first-order chi connectivity index (χ1) is 13.5. The standard InChI is InChI=1S/C20H20ClN5O2/c1-11(2)4-17(16-7-15(21)6-12-9-23-25-18(12)16)26-19-13(10-24-26)5-14(8-22-19)20(27)28-3/h5-11,17H,4H2,1-3H3,(H,23,25). The topological polar surface area (TPSA) is 85.7 Å². The number of aromatic amines is 1. The van der Waals surface area contributed by atoms with Gasteiger partial charge in [-0.2, -0.15) is 10.2 Å². The highest BCUT2D eigenvalue weighted by atomic mass is 35.5. The lowest BCUT2D eigenvalue weighted by Gasteiger charge is -2.21. The normalized spacial score (nSPS) is 12.8. The fourth-order valence-electron chi connectivity index (χ4n) is 3.51. The van der Waals surface area contributed by atoms with E-state index in [0.29, 0.717) is 22.2 Å². The molecule has 3 aromatic heterocycles. The van der Waals surface area contributed by atoms with Gasteiger partial charge in [-0.15, -0.1) is 0 Å². The maximum absolute atomic E-state index is 11.8. The van der Waals surface area contributed by atoms with E-state index >= 15 is 0 Å². The first-order valence-electron chi connectivity index (χ1n) is 9.02. The zero-order valence-corrected chi connectivity index (χ0v) is 16.6. The molecule has 4 aromatic rings. The average Bonchev–Trinajstić information content (AvgIpc) is 3.30. The molecule has 1 N–H and O–H groups in total. The highest BCUT2D eigenvalue weighted by molar-refractivity contribution is 6.31. The van der Waals surface area contributed by atoms with Crippen LogP contribution in [-0.2, 0) is 4.74 Å². The number of carbonyl (C=O) groups is 1. The highest BCUT2D eigenvalue weighted by Crippen LogP contribution is 2.34. The minimum Gasteiger partial charge on any atom is -0.465 e. The molecule has 0 amide bonds. The summed E-state index contributed by atoms with van der Waals surface area (Å²) in [6.45, 7) is 4.33. The maximum atomic E-state index is 11.8. The Kier molecular flexibility index (Phi) is 4.77. The minimum atomic E-state index is -0.421. The molecule has 144 valence electrons. The van der Waals surface area contributed by atoms with Gasteiger partial charge in [-0.25, -0.2) is 14.5 Å². The maximum Gasteiger partial charge on any atom is 0.339 e. The van der Waals surface area contributed by atoms with Crippen LogP contribution in [0.2, 0.25) is 5.02 Å². The third kappa shape index (κ3) is 3.22. The molecule has 28 heavy (non-hydrogen) atoms. The third-order valence-electron chi connectivity index (χ3n) is 4.75. The Bertz CT molecular complexity index is 1160. The Morgan fingerprint density at radius 2 is 2.04 bits per heavy atom. The number of hydrogen-bond donors (Lipinski definition) is 1. The largest absolute Gasteiger partial charge is 0.465 e. The lowest BCUT2D eigenvalue weighted by Crippen LogP contribution is -2.16. The molecule has 3 heterocycles. The van der Waals surface area contributed by atoms with Gasteiger partial charge in [0.1, 0.15) is 0 Å². The van der Waals surface area contributed by atoms with E-state index < -0.39 is 5.97 Å².